The highest BCUT2D eigenvalue weighted by atomic mass is 19.4. The van der Waals surface area contributed by atoms with E-state index >= 15 is 0 Å². The lowest BCUT2D eigenvalue weighted by Crippen LogP contribution is -2.43. The molecule has 19 heavy (non-hydrogen) atoms. The molecule has 0 radical (unpaired) electrons. The summed E-state index contributed by atoms with van der Waals surface area (Å²) < 4.78 is 38.1. The van der Waals surface area contributed by atoms with Crippen molar-refractivity contribution in [2.24, 2.45) is 5.92 Å². The van der Waals surface area contributed by atoms with Crippen LogP contribution >= 0.6 is 0 Å². The van der Waals surface area contributed by atoms with Crippen molar-refractivity contribution in [2.45, 2.75) is 25.1 Å². The van der Waals surface area contributed by atoms with Gasteiger partial charge < -0.3 is 5.11 Å². The Kier molecular flexibility index (Phi) is 4.47. The first-order valence-electron chi connectivity index (χ1n) is 6.49. The van der Waals surface area contributed by atoms with Crippen molar-refractivity contribution in [1.29, 1.82) is 0 Å². The van der Waals surface area contributed by atoms with E-state index in [0.717, 1.165) is 5.56 Å². The Bertz CT molecular complexity index is 393. The lowest BCUT2D eigenvalue weighted by molar-refractivity contribution is -0.187. The average molecular weight is 273 g/mol. The largest absolute Gasteiger partial charge is 0.393 e. The Labute approximate surface area is 110 Å². The third-order valence-corrected chi connectivity index (χ3v) is 3.58. The van der Waals surface area contributed by atoms with Crippen molar-refractivity contribution in [3.63, 3.8) is 0 Å². The normalized spacial score (nSPS) is 23.3. The maximum Gasteiger partial charge on any atom is 0.393 e. The number of aliphatic hydroxyl groups excluding tert-OH is 1. The number of β-amino-alcohol motifs (C(OH)–C–C–N with tert-alkyl or cyclic N) is 1. The molecule has 1 aliphatic heterocycles. The molecule has 2 rings (SSSR count). The van der Waals surface area contributed by atoms with Gasteiger partial charge in [0.2, 0.25) is 0 Å². The summed E-state index contributed by atoms with van der Waals surface area (Å²) in [4.78, 5) is 1.71. The van der Waals surface area contributed by atoms with Gasteiger partial charge in [0.05, 0.1) is 12.0 Å². The van der Waals surface area contributed by atoms with Crippen LogP contribution in [0.1, 0.15) is 24.5 Å². The van der Waals surface area contributed by atoms with E-state index in [1.54, 1.807) is 17.0 Å². The van der Waals surface area contributed by atoms with Gasteiger partial charge in [-0.2, -0.15) is 13.2 Å². The first-order chi connectivity index (χ1) is 8.97. The van der Waals surface area contributed by atoms with Crippen LogP contribution in [-0.2, 0) is 0 Å². The molecule has 0 spiro atoms. The van der Waals surface area contributed by atoms with Gasteiger partial charge >= 0.3 is 6.18 Å². The molecule has 2 atom stereocenters. The van der Waals surface area contributed by atoms with Gasteiger partial charge in [-0.1, -0.05) is 30.3 Å². The molecule has 0 aliphatic carbocycles. The summed E-state index contributed by atoms with van der Waals surface area (Å²) in [6.07, 6.45) is -4.13. The molecule has 1 saturated heterocycles. The van der Waals surface area contributed by atoms with Crippen LogP contribution in [0.25, 0.3) is 0 Å². The highest BCUT2D eigenvalue weighted by molar-refractivity contribution is 5.17. The Hall–Kier alpha value is -1.07. The second-order valence-corrected chi connectivity index (χ2v) is 5.07. The zero-order chi connectivity index (χ0) is 13.9. The first-order valence-corrected chi connectivity index (χ1v) is 6.49. The van der Waals surface area contributed by atoms with Crippen LogP contribution in [0.4, 0.5) is 13.2 Å². The molecular formula is C14H18F3NO. The molecule has 1 fully saturated rings. The minimum absolute atomic E-state index is 0.00655. The number of alkyl halides is 3. The number of nitrogens with zero attached hydrogens (tertiary/aromatic N) is 1. The number of rotatable bonds is 3. The van der Waals surface area contributed by atoms with Gasteiger partial charge in [-0.05, 0) is 24.9 Å². The highest BCUT2D eigenvalue weighted by Crippen LogP contribution is 2.33. The van der Waals surface area contributed by atoms with Gasteiger partial charge in [-0.15, -0.1) is 0 Å². The summed E-state index contributed by atoms with van der Waals surface area (Å²) in [5.74, 6) is -1.26. The van der Waals surface area contributed by atoms with Crippen LogP contribution in [0.2, 0.25) is 0 Å². The SMILES string of the molecule is O[C@@H](CN1CCC[C@@H](C(F)(F)F)C1)c1ccccc1. The number of piperidine rings is 1. The molecule has 1 aromatic rings. The van der Waals surface area contributed by atoms with E-state index in [1.165, 1.54) is 0 Å². The lowest BCUT2D eigenvalue weighted by Gasteiger charge is -2.34. The molecular weight excluding hydrogens is 255 g/mol. The van der Waals surface area contributed by atoms with E-state index < -0.39 is 18.2 Å². The van der Waals surface area contributed by atoms with E-state index in [4.69, 9.17) is 0 Å². The lowest BCUT2D eigenvalue weighted by atomic mass is 9.97. The summed E-state index contributed by atoms with van der Waals surface area (Å²) in [6.45, 7) is 0.875. The number of halogens is 3. The number of likely N-dealkylation sites (tertiary alicyclic amines) is 1. The van der Waals surface area contributed by atoms with Gasteiger partial charge in [0.15, 0.2) is 0 Å². The molecule has 0 bridgehead atoms. The van der Waals surface area contributed by atoms with Crippen LogP contribution in [0.5, 0.6) is 0 Å². The molecule has 1 N–H and O–H groups in total. The molecule has 1 heterocycles. The molecule has 1 aliphatic rings. The van der Waals surface area contributed by atoms with Crippen LogP contribution in [-0.4, -0.2) is 35.8 Å². The van der Waals surface area contributed by atoms with Crippen LogP contribution < -0.4 is 0 Å². The van der Waals surface area contributed by atoms with Gasteiger partial charge in [0.25, 0.3) is 0 Å². The van der Waals surface area contributed by atoms with E-state index in [1.807, 2.05) is 18.2 Å². The molecule has 1 aromatic carbocycles. The summed E-state index contributed by atoms with van der Waals surface area (Å²) in [7, 11) is 0. The number of aliphatic hydroxyl groups is 1. The molecule has 5 heteroatoms. The summed E-state index contributed by atoms with van der Waals surface area (Å²) in [6, 6.07) is 9.04. The molecule has 0 amide bonds. The first kappa shape index (κ1) is 14.3. The van der Waals surface area contributed by atoms with E-state index in [9.17, 15) is 18.3 Å². The smallest absolute Gasteiger partial charge is 0.387 e. The second kappa shape index (κ2) is 5.92. The minimum atomic E-state index is -4.13. The van der Waals surface area contributed by atoms with Crippen molar-refractivity contribution in [3.8, 4) is 0 Å². The van der Waals surface area contributed by atoms with Gasteiger partial charge in [0, 0.05) is 13.1 Å². The third-order valence-electron chi connectivity index (χ3n) is 3.58. The Morgan fingerprint density at radius 3 is 2.58 bits per heavy atom. The number of benzene rings is 1. The van der Waals surface area contributed by atoms with Crippen molar-refractivity contribution in [3.05, 3.63) is 35.9 Å². The van der Waals surface area contributed by atoms with Crippen molar-refractivity contribution >= 4 is 0 Å². The molecule has 106 valence electrons. The van der Waals surface area contributed by atoms with Crippen LogP contribution in [0, 0.1) is 5.92 Å². The standard InChI is InChI=1S/C14H18F3NO/c15-14(16,17)12-7-4-8-18(9-12)10-13(19)11-5-2-1-3-6-11/h1-3,5-6,12-13,19H,4,7-10H2/t12-,13+/m1/s1. The fourth-order valence-electron chi connectivity index (χ4n) is 2.51. The van der Waals surface area contributed by atoms with Crippen molar-refractivity contribution in [1.82, 2.24) is 4.90 Å². The predicted octanol–water partition coefficient (Wildman–Crippen LogP) is 2.99. The maximum absolute atomic E-state index is 12.7. The maximum atomic E-state index is 12.7. The zero-order valence-corrected chi connectivity index (χ0v) is 10.6. The van der Waals surface area contributed by atoms with Crippen LogP contribution in [0.15, 0.2) is 30.3 Å². The summed E-state index contributed by atoms with van der Waals surface area (Å²) in [5, 5.41) is 10.0. The Balaban J connectivity index is 1.92. The van der Waals surface area contributed by atoms with E-state index in [-0.39, 0.29) is 19.5 Å². The van der Waals surface area contributed by atoms with E-state index in [2.05, 4.69) is 0 Å². The molecule has 0 unspecified atom stereocenters. The second-order valence-electron chi connectivity index (χ2n) is 5.07. The molecule has 0 saturated carbocycles. The van der Waals surface area contributed by atoms with Gasteiger partial charge in [-0.25, -0.2) is 0 Å². The predicted molar refractivity (Wildman–Crippen MR) is 66.6 cm³/mol. The zero-order valence-electron chi connectivity index (χ0n) is 10.6. The molecule has 2 nitrogen and oxygen atoms in total. The summed E-state index contributed by atoms with van der Waals surface area (Å²) >= 11 is 0. The average Bonchev–Trinajstić information content (AvgIpc) is 2.39. The fraction of sp³-hybridized carbons (Fsp3) is 0.571. The number of hydrogen-bond donors (Lipinski definition) is 1. The topological polar surface area (TPSA) is 23.5 Å². The van der Waals surface area contributed by atoms with E-state index in [0.29, 0.717) is 13.0 Å². The highest BCUT2D eigenvalue weighted by Gasteiger charge is 2.41. The minimum Gasteiger partial charge on any atom is -0.387 e. The van der Waals surface area contributed by atoms with Gasteiger partial charge in [0.1, 0.15) is 0 Å². The van der Waals surface area contributed by atoms with Crippen molar-refractivity contribution in [2.75, 3.05) is 19.6 Å². The number of hydrogen-bond acceptors (Lipinski definition) is 2. The van der Waals surface area contributed by atoms with Crippen molar-refractivity contribution < 1.29 is 18.3 Å². The summed E-state index contributed by atoms with van der Waals surface area (Å²) in [5.41, 5.74) is 0.747. The fourth-order valence-corrected chi connectivity index (χ4v) is 2.51. The monoisotopic (exact) mass is 273 g/mol. The Morgan fingerprint density at radius 1 is 1.26 bits per heavy atom. The van der Waals surface area contributed by atoms with Gasteiger partial charge in [-0.3, -0.25) is 4.90 Å². The quantitative estimate of drug-likeness (QED) is 0.915. The Morgan fingerprint density at radius 2 is 1.95 bits per heavy atom. The van der Waals surface area contributed by atoms with Crippen LogP contribution in [0.3, 0.4) is 0 Å². The molecule has 0 aromatic heterocycles. The third kappa shape index (κ3) is 3.94.